The molecule has 0 bridgehead atoms. The zero-order valence-electron chi connectivity index (χ0n) is 18.9. The van der Waals surface area contributed by atoms with Crippen molar-refractivity contribution in [1.29, 1.82) is 0 Å². The molecule has 3 rings (SSSR count). The van der Waals surface area contributed by atoms with E-state index in [1.54, 1.807) is 18.2 Å². The van der Waals surface area contributed by atoms with E-state index in [-0.39, 0.29) is 16.7 Å². The van der Waals surface area contributed by atoms with E-state index < -0.39 is 21.7 Å². The van der Waals surface area contributed by atoms with E-state index in [2.05, 4.69) is 10.6 Å². The molecule has 0 aromatic heterocycles. The Morgan fingerprint density at radius 3 is 2.33 bits per heavy atom. The Kier molecular flexibility index (Phi) is 8.32. The Labute approximate surface area is 194 Å². The van der Waals surface area contributed by atoms with Gasteiger partial charge in [0.15, 0.2) is 21.3 Å². The lowest BCUT2D eigenvalue weighted by atomic mass is 10.2. The first-order valence-corrected chi connectivity index (χ1v) is 12.6. The van der Waals surface area contributed by atoms with E-state index in [9.17, 15) is 18.0 Å². The molecule has 0 heterocycles. The number of amides is 2. The van der Waals surface area contributed by atoms with Crippen molar-refractivity contribution in [3.8, 4) is 11.5 Å². The minimum absolute atomic E-state index is 0.134. The van der Waals surface area contributed by atoms with Crippen LogP contribution in [0, 0.1) is 0 Å². The van der Waals surface area contributed by atoms with Crippen LogP contribution in [0.25, 0.3) is 0 Å². The first-order valence-electron chi connectivity index (χ1n) is 11.1. The molecule has 1 fully saturated rings. The topological polar surface area (TPSA) is 111 Å². The molecule has 0 spiro atoms. The Morgan fingerprint density at radius 2 is 1.70 bits per heavy atom. The molecule has 8 nitrogen and oxygen atoms in total. The predicted octanol–water partition coefficient (Wildman–Crippen LogP) is 3.46. The largest absolute Gasteiger partial charge is 0.493 e. The second kappa shape index (κ2) is 11.2. The van der Waals surface area contributed by atoms with Gasteiger partial charge in [-0.1, -0.05) is 25.8 Å². The maximum Gasteiger partial charge on any atom is 0.313 e. The van der Waals surface area contributed by atoms with E-state index >= 15 is 0 Å². The summed E-state index contributed by atoms with van der Waals surface area (Å²) in [5.74, 6) is -0.475. The van der Waals surface area contributed by atoms with Gasteiger partial charge < -0.3 is 20.1 Å². The van der Waals surface area contributed by atoms with Crippen LogP contribution in [0.1, 0.15) is 44.6 Å². The lowest BCUT2D eigenvalue weighted by molar-refractivity contribution is -0.136. The number of ether oxygens (including phenoxy) is 2. The molecule has 178 valence electrons. The van der Waals surface area contributed by atoms with Gasteiger partial charge in [0, 0.05) is 12.2 Å². The number of hydrogen-bond donors (Lipinski definition) is 2. The van der Waals surface area contributed by atoms with Crippen LogP contribution in [0.2, 0.25) is 0 Å². The number of anilines is 1. The zero-order valence-corrected chi connectivity index (χ0v) is 19.7. The maximum absolute atomic E-state index is 12.6. The highest BCUT2D eigenvalue weighted by Crippen LogP contribution is 2.30. The molecule has 2 amide bonds. The second-order valence-electron chi connectivity index (χ2n) is 7.95. The van der Waals surface area contributed by atoms with E-state index in [1.165, 1.54) is 31.4 Å². The molecule has 9 heteroatoms. The first-order chi connectivity index (χ1) is 15.8. The van der Waals surface area contributed by atoms with Crippen LogP contribution in [-0.2, 0) is 26.0 Å². The number of rotatable bonds is 9. The fraction of sp³-hybridized carbons (Fsp3) is 0.417. The van der Waals surface area contributed by atoms with Crippen LogP contribution in [0.3, 0.4) is 0 Å². The number of sulfone groups is 1. The van der Waals surface area contributed by atoms with Crippen molar-refractivity contribution in [3.63, 3.8) is 0 Å². The lowest BCUT2D eigenvalue weighted by Crippen LogP contribution is -2.34. The number of carbonyl (C=O) groups excluding carboxylic acids is 2. The highest BCUT2D eigenvalue weighted by molar-refractivity contribution is 7.92. The number of nitrogens with one attached hydrogen (secondary N) is 2. The van der Waals surface area contributed by atoms with Crippen LogP contribution in [-0.4, -0.2) is 39.2 Å². The molecule has 0 saturated heterocycles. The average molecular weight is 475 g/mol. The minimum atomic E-state index is -3.36. The quantitative estimate of drug-likeness (QED) is 0.539. The fourth-order valence-electron chi connectivity index (χ4n) is 3.72. The third-order valence-corrected chi connectivity index (χ3v) is 7.81. The predicted molar refractivity (Wildman–Crippen MR) is 125 cm³/mol. The molecule has 1 aliphatic carbocycles. The summed E-state index contributed by atoms with van der Waals surface area (Å²) in [5, 5.41) is 4.71. The molecular formula is C24H30N2O6S. The third kappa shape index (κ3) is 6.25. The Morgan fingerprint density at radius 1 is 1.00 bits per heavy atom. The van der Waals surface area contributed by atoms with Gasteiger partial charge in [-0.05, 0) is 61.2 Å². The number of methoxy groups -OCH3 is 1. The Hall–Kier alpha value is -3.07. The number of benzene rings is 2. The van der Waals surface area contributed by atoms with Crippen LogP contribution in [0.4, 0.5) is 5.69 Å². The summed E-state index contributed by atoms with van der Waals surface area (Å²) in [6.07, 6.45) is 4.09. The summed E-state index contributed by atoms with van der Waals surface area (Å²) in [6.45, 7) is 2.71. The van der Waals surface area contributed by atoms with Crippen LogP contribution < -0.4 is 20.1 Å². The summed E-state index contributed by atoms with van der Waals surface area (Å²) >= 11 is 0. The van der Waals surface area contributed by atoms with Crippen molar-refractivity contribution < 1.29 is 27.5 Å². The molecule has 0 aliphatic heterocycles. The first kappa shape index (κ1) is 24.6. The van der Waals surface area contributed by atoms with Crippen LogP contribution in [0.5, 0.6) is 11.5 Å². The summed E-state index contributed by atoms with van der Waals surface area (Å²) in [6, 6.07) is 11.2. The molecule has 0 unspecified atom stereocenters. The van der Waals surface area contributed by atoms with Crippen LogP contribution >= 0.6 is 0 Å². The highest BCUT2D eigenvalue weighted by atomic mass is 32.2. The van der Waals surface area contributed by atoms with Crippen molar-refractivity contribution in [2.24, 2.45) is 0 Å². The molecule has 1 saturated carbocycles. The Balaban J connectivity index is 1.55. The molecule has 2 aromatic carbocycles. The lowest BCUT2D eigenvalue weighted by Gasteiger charge is -2.13. The fourth-order valence-corrected chi connectivity index (χ4v) is 5.58. The van der Waals surface area contributed by atoms with Crippen molar-refractivity contribution >= 4 is 27.3 Å². The maximum atomic E-state index is 12.6. The molecule has 33 heavy (non-hydrogen) atoms. The van der Waals surface area contributed by atoms with Crippen molar-refractivity contribution in [2.45, 2.75) is 55.7 Å². The standard InChI is InChI=1S/C24H30N2O6S/c1-3-14-32-21-13-8-17(15-22(21)31-2)16-25-23(27)24(28)26-18-9-11-20(12-10-18)33(29,30)19-6-4-5-7-19/h8-13,15,19H,3-7,14,16H2,1-2H3,(H,25,27)(H,26,28). The van der Waals surface area contributed by atoms with Gasteiger partial charge in [-0.2, -0.15) is 0 Å². The van der Waals surface area contributed by atoms with Crippen LogP contribution in [0.15, 0.2) is 47.4 Å². The van der Waals surface area contributed by atoms with Gasteiger partial charge in [-0.15, -0.1) is 0 Å². The van der Waals surface area contributed by atoms with Crippen molar-refractivity contribution in [1.82, 2.24) is 5.32 Å². The van der Waals surface area contributed by atoms with Gasteiger partial charge in [0.1, 0.15) is 0 Å². The van der Waals surface area contributed by atoms with E-state index in [0.717, 1.165) is 24.8 Å². The number of carbonyl (C=O) groups is 2. The normalized spacial score (nSPS) is 14.0. The second-order valence-corrected chi connectivity index (χ2v) is 10.2. The molecular weight excluding hydrogens is 444 g/mol. The van der Waals surface area contributed by atoms with Gasteiger partial charge in [0.05, 0.1) is 23.9 Å². The van der Waals surface area contributed by atoms with Gasteiger partial charge in [-0.3, -0.25) is 9.59 Å². The third-order valence-electron chi connectivity index (χ3n) is 5.53. The molecule has 2 aromatic rings. The SMILES string of the molecule is CCCOc1ccc(CNC(=O)C(=O)Nc2ccc(S(=O)(=O)C3CCCC3)cc2)cc1OC. The van der Waals surface area contributed by atoms with Gasteiger partial charge >= 0.3 is 11.8 Å². The summed E-state index contributed by atoms with van der Waals surface area (Å²) < 4.78 is 36.2. The molecule has 0 atom stereocenters. The summed E-state index contributed by atoms with van der Waals surface area (Å²) in [5.41, 5.74) is 1.10. The molecule has 0 radical (unpaired) electrons. The average Bonchev–Trinajstić information content (AvgIpc) is 3.37. The number of hydrogen-bond acceptors (Lipinski definition) is 6. The minimum Gasteiger partial charge on any atom is -0.493 e. The van der Waals surface area contributed by atoms with E-state index in [1.807, 2.05) is 6.92 Å². The summed E-state index contributed by atoms with van der Waals surface area (Å²) in [4.78, 5) is 24.7. The van der Waals surface area contributed by atoms with Gasteiger partial charge in [0.2, 0.25) is 0 Å². The Bertz CT molecular complexity index is 1080. The van der Waals surface area contributed by atoms with Gasteiger partial charge in [0.25, 0.3) is 0 Å². The molecule has 1 aliphatic rings. The van der Waals surface area contributed by atoms with Crippen molar-refractivity contribution in [3.05, 3.63) is 48.0 Å². The van der Waals surface area contributed by atoms with Gasteiger partial charge in [-0.25, -0.2) is 8.42 Å². The smallest absolute Gasteiger partial charge is 0.313 e. The monoisotopic (exact) mass is 474 g/mol. The highest BCUT2D eigenvalue weighted by Gasteiger charge is 2.30. The van der Waals surface area contributed by atoms with Crippen molar-refractivity contribution in [2.75, 3.05) is 19.0 Å². The van der Waals surface area contributed by atoms with E-state index in [4.69, 9.17) is 9.47 Å². The van der Waals surface area contributed by atoms with E-state index in [0.29, 0.717) is 36.6 Å². The zero-order chi connectivity index (χ0) is 23.8. The molecule has 2 N–H and O–H groups in total. The summed E-state index contributed by atoms with van der Waals surface area (Å²) in [7, 11) is -1.83.